The molecular weight excluding hydrogens is 348 g/mol. The molecule has 0 aromatic carbocycles. The summed E-state index contributed by atoms with van der Waals surface area (Å²) in [5.41, 5.74) is 0. The van der Waals surface area contributed by atoms with Crippen molar-refractivity contribution in [3.05, 3.63) is 0 Å². The van der Waals surface area contributed by atoms with Gasteiger partial charge in [0.15, 0.2) is 0 Å². The molecule has 0 heterocycles. The number of carbonyl (C=O) groups is 1. The van der Waals surface area contributed by atoms with E-state index in [0.29, 0.717) is 6.61 Å². The number of hydrogen-bond acceptors (Lipinski definition) is 2. The van der Waals surface area contributed by atoms with Crippen LogP contribution in [0.15, 0.2) is 0 Å². The van der Waals surface area contributed by atoms with Gasteiger partial charge in [0, 0.05) is 0 Å². The summed E-state index contributed by atoms with van der Waals surface area (Å²) in [5, 5.41) is 8.36. The molecule has 1 N–H and O–H groups in total. The summed E-state index contributed by atoms with van der Waals surface area (Å²) >= 11 is 0. The van der Waals surface area contributed by atoms with Crippen LogP contribution in [0.5, 0.6) is 0 Å². The molecule has 0 atom stereocenters. The third-order valence-electron chi connectivity index (χ3n) is 5.72. The van der Waals surface area contributed by atoms with Crippen LogP contribution >= 0.6 is 0 Å². The fourth-order valence-electron chi connectivity index (χ4n) is 3.87. The molecule has 0 aliphatic rings. The molecule has 0 aliphatic carbocycles. The Balaban J connectivity index is 2.99. The van der Waals surface area contributed by atoms with Crippen LogP contribution in [-0.2, 0) is 4.74 Å². The quantitative estimate of drug-likeness (QED) is 0.138. The summed E-state index contributed by atoms with van der Waals surface area (Å²) in [6.07, 6.45) is 29.0. The summed E-state index contributed by atoms with van der Waals surface area (Å²) in [7, 11) is 0. The second-order valence-corrected chi connectivity index (χ2v) is 8.54. The van der Waals surface area contributed by atoms with Crippen LogP contribution in [0.1, 0.15) is 148 Å². The van der Waals surface area contributed by atoms with Gasteiger partial charge in [-0.05, 0) is 6.42 Å². The van der Waals surface area contributed by atoms with Crippen LogP contribution in [0.25, 0.3) is 0 Å². The number of ether oxygens (including phenoxy) is 1. The van der Waals surface area contributed by atoms with Crippen molar-refractivity contribution < 1.29 is 14.6 Å². The van der Waals surface area contributed by atoms with Gasteiger partial charge >= 0.3 is 6.16 Å². The Morgan fingerprint density at radius 2 is 0.750 bits per heavy atom. The summed E-state index contributed by atoms with van der Waals surface area (Å²) in [6, 6.07) is 0. The maximum atomic E-state index is 10.2. The smallest absolute Gasteiger partial charge is 0.450 e. The topological polar surface area (TPSA) is 46.5 Å². The highest BCUT2D eigenvalue weighted by atomic mass is 16.7. The average molecular weight is 399 g/mol. The molecule has 0 radical (unpaired) electrons. The summed E-state index contributed by atoms with van der Waals surface area (Å²) < 4.78 is 4.50. The first kappa shape index (κ1) is 27.3. The van der Waals surface area contributed by atoms with Crippen molar-refractivity contribution in [3.63, 3.8) is 0 Å². The molecule has 168 valence electrons. The Morgan fingerprint density at radius 1 is 0.500 bits per heavy atom. The van der Waals surface area contributed by atoms with E-state index in [0.717, 1.165) is 12.8 Å². The van der Waals surface area contributed by atoms with Gasteiger partial charge in [-0.15, -0.1) is 0 Å². The second-order valence-electron chi connectivity index (χ2n) is 8.54. The number of carboxylic acid groups (broad SMARTS) is 1. The predicted molar refractivity (Wildman–Crippen MR) is 121 cm³/mol. The maximum absolute atomic E-state index is 10.2. The van der Waals surface area contributed by atoms with Crippen LogP contribution in [0.4, 0.5) is 4.79 Å². The molecule has 0 spiro atoms. The van der Waals surface area contributed by atoms with Gasteiger partial charge in [0.1, 0.15) is 0 Å². The number of unbranched alkanes of at least 4 members (excludes halogenated alkanes) is 21. The minimum Gasteiger partial charge on any atom is -0.450 e. The van der Waals surface area contributed by atoms with Crippen LogP contribution in [0.3, 0.4) is 0 Å². The molecule has 0 saturated heterocycles. The number of hydrogen-bond donors (Lipinski definition) is 1. The van der Waals surface area contributed by atoms with E-state index >= 15 is 0 Å². The lowest BCUT2D eigenvalue weighted by Gasteiger charge is -2.04. The maximum Gasteiger partial charge on any atom is 0.505 e. The van der Waals surface area contributed by atoms with Gasteiger partial charge in [0.2, 0.25) is 0 Å². The molecule has 0 aromatic heterocycles. The first-order valence-corrected chi connectivity index (χ1v) is 12.6. The fraction of sp³-hybridized carbons (Fsp3) is 0.960. The zero-order chi connectivity index (χ0) is 20.5. The van der Waals surface area contributed by atoms with Crippen molar-refractivity contribution >= 4 is 6.16 Å². The van der Waals surface area contributed by atoms with Gasteiger partial charge in [-0.2, -0.15) is 0 Å². The first-order valence-electron chi connectivity index (χ1n) is 12.6. The van der Waals surface area contributed by atoms with Crippen molar-refractivity contribution in [3.8, 4) is 0 Å². The minimum absolute atomic E-state index is 0.356. The van der Waals surface area contributed by atoms with Gasteiger partial charge in [0.05, 0.1) is 6.61 Å². The highest BCUT2D eigenvalue weighted by Gasteiger charge is 1.97. The highest BCUT2D eigenvalue weighted by molar-refractivity contribution is 5.56. The Bertz CT molecular complexity index is 304. The molecule has 0 bridgehead atoms. The van der Waals surface area contributed by atoms with E-state index in [2.05, 4.69) is 11.7 Å². The van der Waals surface area contributed by atoms with E-state index in [1.165, 1.54) is 128 Å². The van der Waals surface area contributed by atoms with E-state index < -0.39 is 6.16 Å². The molecule has 0 aromatic rings. The predicted octanol–water partition coefficient (Wildman–Crippen LogP) is 9.28. The molecule has 3 heteroatoms. The monoisotopic (exact) mass is 398 g/mol. The Morgan fingerprint density at radius 3 is 1.00 bits per heavy atom. The fourth-order valence-corrected chi connectivity index (χ4v) is 3.87. The Hall–Kier alpha value is -0.730. The zero-order valence-electron chi connectivity index (χ0n) is 19.0. The lowest BCUT2D eigenvalue weighted by atomic mass is 10.0. The van der Waals surface area contributed by atoms with Gasteiger partial charge in [-0.1, -0.05) is 142 Å². The van der Waals surface area contributed by atoms with Gasteiger partial charge < -0.3 is 9.84 Å². The SMILES string of the molecule is CCCCCCCCCCCCCCCCCCCCCCCCOC(=O)O. The van der Waals surface area contributed by atoms with Gasteiger partial charge in [-0.3, -0.25) is 0 Å². The summed E-state index contributed by atoms with van der Waals surface area (Å²) in [6.45, 7) is 2.64. The summed E-state index contributed by atoms with van der Waals surface area (Å²) in [4.78, 5) is 10.2. The van der Waals surface area contributed by atoms with Crippen molar-refractivity contribution in [1.29, 1.82) is 0 Å². The Kier molecular flexibility index (Phi) is 23.7. The van der Waals surface area contributed by atoms with Crippen LogP contribution < -0.4 is 0 Å². The average Bonchev–Trinajstić information content (AvgIpc) is 2.68. The normalized spacial score (nSPS) is 11.0. The van der Waals surface area contributed by atoms with Crippen LogP contribution in [0, 0.1) is 0 Å². The standard InChI is InChI=1S/C25H50O3/c1-2-3-4-5-6-7-8-9-10-11-12-13-14-15-16-17-18-19-20-21-22-23-24-28-25(26)27/h2-24H2,1H3,(H,26,27). The molecule has 0 unspecified atom stereocenters. The van der Waals surface area contributed by atoms with Gasteiger partial charge in [0.25, 0.3) is 0 Å². The third kappa shape index (κ3) is 25.3. The zero-order valence-corrected chi connectivity index (χ0v) is 19.0. The van der Waals surface area contributed by atoms with E-state index in [9.17, 15) is 4.79 Å². The molecule has 3 nitrogen and oxygen atoms in total. The minimum atomic E-state index is -1.15. The van der Waals surface area contributed by atoms with Crippen molar-refractivity contribution in [2.75, 3.05) is 6.61 Å². The van der Waals surface area contributed by atoms with E-state index in [4.69, 9.17) is 5.11 Å². The molecule has 28 heavy (non-hydrogen) atoms. The molecule has 0 amide bonds. The van der Waals surface area contributed by atoms with Crippen molar-refractivity contribution in [2.24, 2.45) is 0 Å². The largest absolute Gasteiger partial charge is 0.505 e. The second kappa shape index (κ2) is 24.3. The van der Waals surface area contributed by atoms with E-state index in [1.807, 2.05) is 0 Å². The summed E-state index contributed by atoms with van der Waals surface area (Å²) in [5.74, 6) is 0. The van der Waals surface area contributed by atoms with Crippen LogP contribution in [-0.4, -0.2) is 17.9 Å². The molecule has 0 aliphatic heterocycles. The van der Waals surface area contributed by atoms with Crippen molar-refractivity contribution in [2.45, 2.75) is 148 Å². The highest BCUT2D eigenvalue weighted by Crippen LogP contribution is 2.15. The van der Waals surface area contributed by atoms with Gasteiger partial charge in [-0.25, -0.2) is 4.79 Å². The van der Waals surface area contributed by atoms with E-state index in [1.54, 1.807) is 0 Å². The lowest BCUT2D eigenvalue weighted by molar-refractivity contribution is 0.0899. The molecular formula is C25H50O3. The van der Waals surface area contributed by atoms with Crippen molar-refractivity contribution in [1.82, 2.24) is 0 Å². The Labute approximate surface area is 176 Å². The number of rotatable bonds is 23. The third-order valence-corrected chi connectivity index (χ3v) is 5.72. The first-order chi connectivity index (χ1) is 13.8. The molecule has 0 rings (SSSR count). The van der Waals surface area contributed by atoms with E-state index in [-0.39, 0.29) is 0 Å². The van der Waals surface area contributed by atoms with Crippen LogP contribution in [0.2, 0.25) is 0 Å². The lowest BCUT2D eigenvalue weighted by Crippen LogP contribution is -2.01. The molecule has 0 fully saturated rings. The molecule has 0 saturated carbocycles.